The van der Waals surface area contributed by atoms with Crippen LogP contribution >= 0.6 is 0 Å². The van der Waals surface area contributed by atoms with Crippen LogP contribution in [-0.4, -0.2) is 42.2 Å². The van der Waals surface area contributed by atoms with Gasteiger partial charge in [0.05, 0.1) is 18.1 Å². The van der Waals surface area contributed by atoms with Crippen LogP contribution in [0.1, 0.15) is 32.3 Å². The number of ether oxygens (including phenoxy) is 1. The van der Waals surface area contributed by atoms with Gasteiger partial charge in [-0.05, 0) is 38.8 Å². The number of esters is 1. The van der Waals surface area contributed by atoms with E-state index in [1.165, 1.54) is 0 Å². The first kappa shape index (κ1) is 16.0. The topological polar surface area (TPSA) is 49.8 Å². The maximum atomic E-state index is 11.9. The van der Waals surface area contributed by atoms with Crippen LogP contribution in [0.15, 0.2) is 30.3 Å². The molecule has 1 aliphatic heterocycles. The van der Waals surface area contributed by atoms with Crippen molar-refractivity contribution >= 4 is 5.97 Å². The summed E-state index contributed by atoms with van der Waals surface area (Å²) in [6.45, 7) is 6.21. The van der Waals surface area contributed by atoms with E-state index in [0.717, 1.165) is 24.9 Å². The minimum Gasteiger partial charge on any atom is -0.466 e. The molecule has 1 aliphatic rings. The van der Waals surface area contributed by atoms with Gasteiger partial charge in [0.1, 0.15) is 0 Å². The third-order valence-corrected chi connectivity index (χ3v) is 4.05. The first-order valence-electron chi connectivity index (χ1n) is 7.70. The van der Waals surface area contributed by atoms with E-state index in [1.54, 1.807) is 0 Å². The van der Waals surface area contributed by atoms with Gasteiger partial charge in [0.15, 0.2) is 0 Å². The highest BCUT2D eigenvalue weighted by molar-refractivity contribution is 5.72. The van der Waals surface area contributed by atoms with E-state index in [0.29, 0.717) is 19.7 Å². The van der Waals surface area contributed by atoms with Crippen molar-refractivity contribution in [2.75, 3.05) is 26.2 Å². The van der Waals surface area contributed by atoms with Crippen LogP contribution in [0.2, 0.25) is 0 Å². The van der Waals surface area contributed by atoms with E-state index >= 15 is 0 Å². The first-order chi connectivity index (χ1) is 10.0. The molecule has 4 nitrogen and oxygen atoms in total. The molecule has 0 radical (unpaired) electrons. The van der Waals surface area contributed by atoms with Gasteiger partial charge < -0.3 is 9.84 Å². The van der Waals surface area contributed by atoms with Gasteiger partial charge in [-0.15, -0.1) is 0 Å². The van der Waals surface area contributed by atoms with Gasteiger partial charge in [-0.25, -0.2) is 0 Å². The van der Waals surface area contributed by atoms with Crippen LogP contribution in [0, 0.1) is 5.92 Å². The Kier molecular flexibility index (Phi) is 5.37. The lowest BCUT2D eigenvalue weighted by molar-refractivity contribution is -0.150. The molecule has 0 aliphatic carbocycles. The van der Waals surface area contributed by atoms with Crippen LogP contribution in [0.5, 0.6) is 0 Å². The summed E-state index contributed by atoms with van der Waals surface area (Å²) in [5, 5.41) is 10.7. The second-order valence-corrected chi connectivity index (χ2v) is 5.97. The molecule has 2 unspecified atom stereocenters. The Labute approximate surface area is 126 Å². The zero-order valence-electron chi connectivity index (χ0n) is 12.9. The number of aliphatic hydroxyl groups is 1. The lowest BCUT2D eigenvalue weighted by Crippen LogP contribution is -2.45. The van der Waals surface area contributed by atoms with Gasteiger partial charge >= 0.3 is 5.97 Å². The molecule has 1 aromatic rings. The van der Waals surface area contributed by atoms with Crippen LogP contribution in [0.3, 0.4) is 0 Å². The highest BCUT2D eigenvalue weighted by Gasteiger charge is 2.32. The Morgan fingerprint density at radius 3 is 2.81 bits per heavy atom. The summed E-state index contributed by atoms with van der Waals surface area (Å²) in [7, 11) is 0. The Hall–Kier alpha value is -1.39. The molecule has 0 amide bonds. The molecule has 0 spiro atoms. The monoisotopic (exact) mass is 291 g/mol. The van der Waals surface area contributed by atoms with Gasteiger partial charge in [-0.3, -0.25) is 9.69 Å². The number of piperidine rings is 1. The zero-order valence-corrected chi connectivity index (χ0v) is 12.9. The summed E-state index contributed by atoms with van der Waals surface area (Å²) in [4.78, 5) is 14.0. The molecule has 0 aromatic heterocycles. The predicted molar refractivity (Wildman–Crippen MR) is 81.8 cm³/mol. The maximum Gasteiger partial charge on any atom is 0.310 e. The number of likely N-dealkylation sites (tertiary alicyclic amines) is 1. The lowest BCUT2D eigenvalue weighted by atomic mass is 9.92. The third-order valence-electron chi connectivity index (χ3n) is 4.05. The van der Waals surface area contributed by atoms with E-state index in [9.17, 15) is 9.90 Å². The number of carbonyl (C=O) groups is 1. The highest BCUT2D eigenvalue weighted by Crippen LogP contribution is 2.25. The molecule has 1 aromatic carbocycles. The SMILES string of the molecule is CCOC(=O)C1CCCN(CC(C)(O)c2ccccc2)C1. The van der Waals surface area contributed by atoms with E-state index in [4.69, 9.17) is 4.74 Å². The normalized spacial score (nSPS) is 22.5. The molecule has 2 rings (SSSR count). The number of benzene rings is 1. The molecule has 21 heavy (non-hydrogen) atoms. The van der Waals surface area contributed by atoms with E-state index in [-0.39, 0.29) is 11.9 Å². The summed E-state index contributed by atoms with van der Waals surface area (Å²) in [6, 6.07) is 9.68. The van der Waals surface area contributed by atoms with Crippen LogP contribution in [-0.2, 0) is 15.1 Å². The first-order valence-corrected chi connectivity index (χ1v) is 7.70. The second-order valence-electron chi connectivity index (χ2n) is 5.97. The fourth-order valence-electron chi connectivity index (χ4n) is 2.98. The third kappa shape index (κ3) is 4.29. The molecule has 4 heteroatoms. The Morgan fingerprint density at radius 2 is 2.14 bits per heavy atom. The molecule has 2 atom stereocenters. The van der Waals surface area contributed by atoms with Gasteiger partial charge in [0.2, 0.25) is 0 Å². The van der Waals surface area contributed by atoms with Crippen LogP contribution < -0.4 is 0 Å². The molecule has 0 saturated carbocycles. The van der Waals surface area contributed by atoms with Crippen molar-refractivity contribution in [1.29, 1.82) is 0 Å². The lowest BCUT2D eigenvalue weighted by Gasteiger charge is -2.36. The summed E-state index contributed by atoms with van der Waals surface area (Å²) in [5.74, 6) is -0.174. The van der Waals surface area contributed by atoms with Gasteiger partial charge in [-0.2, -0.15) is 0 Å². The number of β-amino-alcohol motifs (C(OH)–C–C–N with tert-alkyl or cyclic N) is 1. The average Bonchev–Trinajstić information content (AvgIpc) is 2.48. The smallest absolute Gasteiger partial charge is 0.310 e. The quantitative estimate of drug-likeness (QED) is 0.845. The van der Waals surface area contributed by atoms with E-state index in [2.05, 4.69) is 4.90 Å². The zero-order chi connectivity index (χ0) is 15.3. The predicted octanol–water partition coefficient (Wildman–Crippen LogP) is 2.17. The maximum absolute atomic E-state index is 11.9. The Morgan fingerprint density at radius 1 is 1.43 bits per heavy atom. The fourth-order valence-corrected chi connectivity index (χ4v) is 2.98. The van der Waals surface area contributed by atoms with Gasteiger partial charge in [0.25, 0.3) is 0 Å². The fraction of sp³-hybridized carbons (Fsp3) is 0.588. The van der Waals surface area contributed by atoms with E-state index in [1.807, 2.05) is 44.2 Å². The Bertz CT molecular complexity index is 458. The summed E-state index contributed by atoms with van der Waals surface area (Å²) >= 11 is 0. The number of hydrogen-bond acceptors (Lipinski definition) is 4. The molecular formula is C17H25NO3. The van der Waals surface area contributed by atoms with Crippen LogP contribution in [0.4, 0.5) is 0 Å². The van der Waals surface area contributed by atoms with Crippen molar-refractivity contribution in [2.45, 2.75) is 32.3 Å². The molecule has 1 N–H and O–H groups in total. The number of carbonyl (C=O) groups excluding carboxylic acids is 1. The number of rotatable bonds is 5. The van der Waals surface area contributed by atoms with Crippen molar-refractivity contribution in [1.82, 2.24) is 4.90 Å². The average molecular weight is 291 g/mol. The molecular weight excluding hydrogens is 266 g/mol. The molecule has 1 heterocycles. The summed E-state index contributed by atoms with van der Waals surface area (Å²) in [5.41, 5.74) is 0.000845. The van der Waals surface area contributed by atoms with E-state index < -0.39 is 5.60 Å². The van der Waals surface area contributed by atoms with Crippen molar-refractivity contribution < 1.29 is 14.6 Å². The van der Waals surface area contributed by atoms with Crippen LogP contribution in [0.25, 0.3) is 0 Å². The standard InChI is InChI=1S/C17H25NO3/c1-3-21-16(19)14-8-7-11-18(12-14)13-17(2,20)15-9-5-4-6-10-15/h4-6,9-10,14,20H,3,7-8,11-13H2,1-2H3. The minimum atomic E-state index is -0.905. The largest absolute Gasteiger partial charge is 0.466 e. The number of hydrogen-bond donors (Lipinski definition) is 1. The van der Waals surface area contributed by atoms with Crippen molar-refractivity contribution in [2.24, 2.45) is 5.92 Å². The minimum absolute atomic E-state index is 0.0646. The molecule has 1 fully saturated rings. The summed E-state index contributed by atoms with van der Waals surface area (Å²) < 4.78 is 5.12. The highest BCUT2D eigenvalue weighted by atomic mass is 16.5. The van der Waals surface area contributed by atoms with Crippen molar-refractivity contribution in [3.8, 4) is 0 Å². The number of nitrogens with zero attached hydrogens (tertiary/aromatic N) is 1. The van der Waals surface area contributed by atoms with Gasteiger partial charge in [-0.1, -0.05) is 30.3 Å². The van der Waals surface area contributed by atoms with Crippen molar-refractivity contribution in [3.05, 3.63) is 35.9 Å². The van der Waals surface area contributed by atoms with Gasteiger partial charge in [0, 0.05) is 13.1 Å². The van der Waals surface area contributed by atoms with Crippen molar-refractivity contribution in [3.63, 3.8) is 0 Å². The second kappa shape index (κ2) is 7.05. The molecule has 116 valence electrons. The molecule has 1 saturated heterocycles. The Balaban J connectivity index is 1.97. The summed E-state index contributed by atoms with van der Waals surface area (Å²) in [6.07, 6.45) is 1.84. The molecule has 0 bridgehead atoms.